The minimum absolute atomic E-state index is 0.156. The fourth-order valence-corrected chi connectivity index (χ4v) is 5.71. The van der Waals surface area contributed by atoms with Crippen molar-refractivity contribution < 1.29 is 27.5 Å². The summed E-state index contributed by atoms with van der Waals surface area (Å²) in [5.41, 5.74) is 5.61. The van der Waals surface area contributed by atoms with Gasteiger partial charge >= 0.3 is 12.3 Å². The molecule has 0 heterocycles. The summed E-state index contributed by atoms with van der Waals surface area (Å²) in [5, 5.41) is 9.48. The lowest BCUT2D eigenvalue weighted by Crippen LogP contribution is -2.46. The number of hydrogen-bond acceptors (Lipinski definition) is 4. The number of nitrogens with one attached hydrogen (secondary N) is 3. The summed E-state index contributed by atoms with van der Waals surface area (Å²) < 4.78 is 44.1. The fourth-order valence-electron chi connectivity index (χ4n) is 5.71. The molecule has 0 bridgehead atoms. The number of carbonyl (C=O) groups is 2. The van der Waals surface area contributed by atoms with Gasteiger partial charge in [0.2, 0.25) is 0 Å². The molecule has 9 heteroatoms. The normalized spacial score (nSPS) is 14.9. The van der Waals surface area contributed by atoms with Gasteiger partial charge in [-0.2, -0.15) is 13.2 Å². The Balaban J connectivity index is 1.25. The van der Waals surface area contributed by atoms with Crippen molar-refractivity contribution in [3.63, 3.8) is 0 Å². The van der Waals surface area contributed by atoms with Crippen molar-refractivity contribution >= 4 is 17.7 Å². The molecule has 4 aromatic carbocycles. The number of amides is 2. The molecule has 0 spiro atoms. The monoisotopic (exact) mass is 601 g/mol. The molecule has 0 saturated carbocycles. The largest absolute Gasteiger partial charge is 0.453 e. The lowest BCUT2D eigenvalue weighted by atomic mass is 9.93. The van der Waals surface area contributed by atoms with Gasteiger partial charge in [-0.3, -0.25) is 4.79 Å². The number of alkyl halides is 3. The summed E-state index contributed by atoms with van der Waals surface area (Å²) in [7, 11) is 1.35. The molecule has 2 amide bonds. The van der Waals surface area contributed by atoms with Crippen LogP contribution in [0.5, 0.6) is 0 Å². The van der Waals surface area contributed by atoms with Gasteiger partial charge in [-0.15, -0.1) is 0 Å². The van der Waals surface area contributed by atoms with Crippen LogP contribution in [0.2, 0.25) is 0 Å². The maximum absolute atomic E-state index is 13.4. The third-order valence-corrected chi connectivity index (χ3v) is 7.90. The molecule has 6 nitrogen and oxygen atoms in total. The van der Waals surface area contributed by atoms with E-state index in [0.717, 1.165) is 41.7 Å². The van der Waals surface area contributed by atoms with E-state index in [9.17, 15) is 22.8 Å². The number of fused-ring (bicyclic) bond motifs is 1. The van der Waals surface area contributed by atoms with Crippen LogP contribution in [-0.4, -0.2) is 37.7 Å². The van der Waals surface area contributed by atoms with Gasteiger partial charge in [0.15, 0.2) is 0 Å². The molecular weight excluding hydrogens is 567 g/mol. The number of anilines is 1. The molecule has 2 unspecified atom stereocenters. The Kier molecular flexibility index (Phi) is 9.35. The van der Waals surface area contributed by atoms with Crippen LogP contribution in [0.15, 0.2) is 91.0 Å². The van der Waals surface area contributed by atoms with E-state index in [0.29, 0.717) is 35.3 Å². The molecule has 0 radical (unpaired) electrons. The van der Waals surface area contributed by atoms with Gasteiger partial charge in [0.1, 0.15) is 0 Å². The van der Waals surface area contributed by atoms with Crippen molar-refractivity contribution in [2.45, 2.75) is 44.4 Å². The Morgan fingerprint density at radius 2 is 1.64 bits per heavy atom. The first-order chi connectivity index (χ1) is 21.1. The minimum atomic E-state index is -4.43. The SMILES string of the molecule is COC(=O)NC(CNC1Cc2ccc(NC(=O)c3cccc(C)c3-c3ccc(C(F)(F)F)cc3)cc2C1)Cc1ccccc1. The lowest BCUT2D eigenvalue weighted by Gasteiger charge is -2.21. The van der Waals surface area contributed by atoms with Gasteiger partial charge in [-0.1, -0.05) is 60.7 Å². The van der Waals surface area contributed by atoms with Gasteiger partial charge in [0.05, 0.1) is 12.7 Å². The van der Waals surface area contributed by atoms with Gasteiger partial charge in [-0.25, -0.2) is 4.79 Å². The highest BCUT2D eigenvalue weighted by molar-refractivity contribution is 6.09. The Morgan fingerprint density at radius 1 is 0.909 bits per heavy atom. The fraction of sp³-hybridized carbons (Fsp3) is 0.257. The molecule has 44 heavy (non-hydrogen) atoms. The molecule has 0 fully saturated rings. The zero-order chi connectivity index (χ0) is 31.3. The van der Waals surface area contributed by atoms with Crippen LogP contribution in [0.3, 0.4) is 0 Å². The molecule has 4 aromatic rings. The standard InChI is InChI=1S/C35H34F3N3O3/c1-22-7-6-10-31(32(22)24-11-14-27(15-12-24)35(36,37)38)33(42)40-28-16-13-25-18-29(20-26(25)19-28)39-21-30(41-34(43)44-2)17-23-8-4-3-5-9-23/h3-16,19,29-30,39H,17-18,20-21H2,1-2H3,(H,40,42)(H,41,43). The summed E-state index contributed by atoms with van der Waals surface area (Å²) in [4.78, 5) is 25.4. The number of hydrogen-bond donors (Lipinski definition) is 3. The van der Waals surface area contributed by atoms with Crippen molar-refractivity contribution in [3.8, 4) is 11.1 Å². The number of carbonyl (C=O) groups excluding carboxylic acids is 2. The maximum atomic E-state index is 13.4. The Morgan fingerprint density at radius 3 is 2.34 bits per heavy atom. The molecule has 1 aliphatic rings. The summed E-state index contributed by atoms with van der Waals surface area (Å²) in [6.07, 6.45) is -2.67. The Hall–Kier alpha value is -4.63. The molecule has 0 aromatic heterocycles. The van der Waals surface area contributed by atoms with E-state index >= 15 is 0 Å². The molecule has 5 rings (SSSR count). The zero-order valence-corrected chi connectivity index (χ0v) is 24.5. The van der Waals surface area contributed by atoms with Crippen molar-refractivity contribution in [2.24, 2.45) is 0 Å². The van der Waals surface area contributed by atoms with Crippen LogP contribution in [0.4, 0.5) is 23.7 Å². The minimum Gasteiger partial charge on any atom is -0.453 e. The van der Waals surface area contributed by atoms with Crippen LogP contribution in [0, 0.1) is 6.92 Å². The van der Waals surface area contributed by atoms with Gasteiger partial charge < -0.3 is 20.7 Å². The smallest absolute Gasteiger partial charge is 0.416 e. The van der Waals surface area contributed by atoms with E-state index < -0.39 is 17.8 Å². The summed E-state index contributed by atoms with van der Waals surface area (Å²) in [6, 6.07) is 25.9. The average Bonchev–Trinajstić information content (AvgIpc) is 3.42. The average molecular weight is 602 g/mol. The number of aryl methyl sites for hydroxylation is 1. The first-order valence-electron chi connectivity index (χ1n) is 14.4. The lowest BCUT2D eigenvalue weighted by molar-refractivity contribution is -0.137. The predicted molar refractivity (Wildman–Crippen MR) is 165 cm³/mol. The molecular formula is C35H34F3N3O3. The number of alkyl carbamates (subject to hydrolysis) is 1. The van der Waals surface area contributed by atoms with Gasteiger partial charge in [0, 0.05) is 29.9 Å². The zero-order valence-electron chi connectivity index (χ0n) is 24.5. The van der Waals surface area contributed by atoms with Crippen molar-refractivity contribution in [2.75, 3.05) is 19.0 Å². The highest BCUT2D eigenvalue weighted by atomic mass is 19.4. The van der Waals surface area contributed by atoms with Crippen molar-refractivity contribution in [3.05, 3.63) is 124 Å². The molecule has 1 aliphatic carbocycles. The van der Waals surface area contributed by atoms with Crippen LogP contribution in [0.25, 0.3) is 11.1 Å². The second-order valence-electron chi connectivity index (χ2n) is 11.0. The van der Waals surface area contributed by atoms with Gasteiger partial charge in [0.25, 0.3) is 5.91 Å². The highest BCUT2D eigenvalue weighted by Gasteiger charge is 2.30. The second-order valence-corrected chi connectivity index (χ2v) is 11.0. The Bertz CT molecular complexity index is 1620. The predicted octanol–water partition coefficient (Wildman–Crippen LogP) is 6.96. The van der Waals surface area contributed by atoms with E-state index in [2.05, 4.69) is 16.0 Å². The van der Waals surface area contributed by atoms with Crippen molar-refractivity contribution in [1.82, 2.24) is 10.6 Å². The molecule has 0 aliphatic heterocycles. The topological polar surface area (TPSA) is 79.5 Å². The first kappa shape index (κ1) is 30.8. The Labute approximate surface area is 254 Å². The third-order valence-electron chi connectivity index (χ3n) is 7.90. The van der Waals surface area contributed by atoms with E-state index in [-0.39, 0.29) is 18.0 Å². The molecule has 3 N–H and O–H groups in total. The van der Waals surface area contributed by atoms with Crippen LogP contribution >= 0.6 is 0 Å². The van der Waals surface area contributed by atoms with Gasteiger partial charge in [-0.05, 0) is 89.9 Å². The summed E-state index contributed by atoms with van der Waals surface area (Å²) in [6.45, 7) is 2.39. The molecule has 0 saturated heterocycles. The number of ether oxygens (including phenoxy) is 1. The van der Waals surface area contributed by atoms with E-state index in [1.165, 1.54) is 24.8 Å². The second kappa shape index (κ2) is 13.3. The number of rotatable bonds is 9. The van der Waals surface area contributed by atoms with Crippen LogP contribution in [-0.2, 0) is 30.2 Å². The van der Waals surface area contributed by atoms with E-state index in [4.69, 9.17) is 4.74 Å². The maximum Gasteiger partial charge on any atom is 0.416 e. The van der Waals surface area contributed by atoms with Crippen molar-refractivity contribution in [1.29, 1.82) is 0 Å². The highest BCUT2D eigenvalue weighted by Crippen LogP contribution is 2.34. The van der Waals surface area contributed by atoms with Crippen LogP contribution < -0.4 is 16.0 Å². The number of methoxy groups -OCH3 is 1. The third kappa shape index (κ3) is 7.47. The molecule has 228 valence electrons. The summed E-state index contributed by atoms with van der Waals surface area (Å²) >= 11 is 0. The van der Waals surface area contributed by atoms with E-state index in [1.54, 1.807) is 12.1 Å². The molecule has 2 atom stereocenters. The van der Waals surface area contributed by atoms with Crippen LogP contribution in [0.1, 0.15) is 38.2 Å². The van der Waals surface area contributed by atoms with E-state index in [1.807, 2.05) is 61.5 Å². The quantitative estimate of drug-likeness (QED) is 0.194. The number of halogens is 3. The number of benzene rings is 4. The first-order valence-corrected chi connectivity index (χ1v) is 14.4. The summed E-state index contributed by atoms with van der Waals surface area (Å²) in [5.74, 6) is -0.339.